The van der Waals surface area contributed by atoms with E-state index in [0.29, 0.717) is 30.8 Å². The molecule has 1 aromatic heterocycles. The van der Waals surface area contributed by atoms with Crippen LogP contribution in [0.2, 0.25) is 0 Å². The van der Waals surface area contributed by atoms with Crippen molar-refractivity contribution < 1.29 is 4.79 Å². The lowest BCUT2D eigenvalue weighted by atomic mass is 9.80. The second kappa shape index (κ2) is 7.31. The van der Waals surface area contributed by atoms with Crippen LogP contribution in [0.5, 0.6) is 0 Å². The predicted octanol–water partition coefficient (Wildman–Crippen LogP) is 3.65. The zero-order chi connectivity index (χ0) is 20.7. The van der Waals surface area contributed by atoms with Crippen molar-refractivity contribution >= 4 is 5.91 Å². The van der Waals surface area contributed by atoms with Crippen LogP contribution >= 0.6 is 0 Å². The number of piperidine rings is 1. The molecule has 0 unspecified atom stereocenters. The number of amides is 1. The largest absolute Gasteiger partial charge is 0.338 e. The van der Waals surface area contributed by atoms with E-state index >= 15 is 0 Å². The van der Waals surface area contributed by atoms with E-state index < -0.39 is 0 Å². The summed E-state index contributed by atoms with van der Waals surface area (Å²) in [4.78, 5) is 27.7. The lowest BCUT2D eigenvalue weighted by Gasteiger charge is -2.43. The molecule has 3 aromatic rings. The number of nitrogens with zero attached hydrogens (tertiary/aromatic N) is 3. The number of nitriles is 1. The molecule has 0 spiro atoms. The van der Waals surface area contributed by atoms with E-state index in [4.69, 9.17) is 5.26 Å². The molecule has 1 fully saturated rings. The van der Waals surface area contributed by atoms with Crippen LogP contribution in [0.1, 0.15) is 34.0 Å². The highest BCUT2D eigenvalue weighted by Crippen LogP contribution is 2.40. The van der Waals surface area contributed by atoms with Gasteiger partial charge in [-0.3, -0.25) is 9.59 Å². The molecule has 0 saturated carbocycles. The Morgan fingerprint density at radius 1 is 0.933 bits per heavy atom. The van der Waals surface area contributed by atoms with Crippen molar-refractivity contribution in [3.8, 4) is 17.2 Å². The summed E-state index contributed by atoms with van der Waals surface area (Å²) in [5.74, 6) is 0.383. The fraction of sp³-hybridized carbons (Fsp3) is 0.240. The summed E-state index contributed by atoms with van der Waals surface area (Å²) in [6, 6.07) is 22.6. The minimum Gasteiger partial charge on any atom is -0.338 e. The van der Waals surface area contributed by atoms with E-state index in [9.17, 15) is 9.59 Å². The van der Waals surface area contributed by atoms with Crippen LogP contribution < -0.4 is 5.56 Å². The Hall–Kier alpha value is -3.65. The number of rotatable bonds is 2. The van der Waals surface area contributed by atoms with Gasteiger partial charge in [0.25, 0.3) is 11.5 Å². The minimum absolute atomic E-state index is 0.0119. The first-order chi connectivity index (χ1) is 14.6. The molecule has 148 valence electrons. The van der Waals surface area contributed by atoms with Crippen LogP contribution in [0, 0.1) is 17.2 Å². The summed E-state index contributed by atoms with van der Waals surface area (Å²) in [7, 11) is 0. The topological polar surface area (TPSA) is 66.1 Å². The Kier molecular flexibility index (Phi) is 4.48. The zero-order valence-corrected chi connectivity index (χ0v) is 16.5. The molecule has 5 rings (SSSR count). The third-order valence-corrected chi connectivity index (χ3v) is 6.22. The number of benzene rings is 2. The number of carbonyl (C=O) groups excluding carboxylic acids is 1. The fourth-order valence-corrected chi connectivity index (χ4v) is 4.91. The SMILES string of the molecule is N#Cc1ccc(C(=O)N2C[C@@H]3C[C@@H](C2)c2c(-c4ccccc4)ccc(=O)n2C3)cc1. The maximum absolute atomic E-state index is 13.1. The van der Waals surface area contributed by atoms with Crippen LogP contribution in [-0.2, 0) is 6.54 Å². The third kappa shape index (κ3) is 3.11. The summed E-state index contributed by atoms with van der Waals surface area (Å²) < 4.78 is 1.92. The van der Waals surface area contributed by atoms with Gasteiger partial charge in [-0.15, -0.1) is 0 Å². The molecule has 2 bridgehead atoms. The lowest BCUT2D eigenvalue weighted by molar-refractivity contribution is 0.0595. The second-order valence-corrected chi connectivity index (χ2v) is 8.15. The molecule has 0 aliphatic carbocycles. The van der Waals surface area contributed by atoms with Crippen molar-refractivity contribution in [3.63, 3.8) is 0 Å². The van der Waals surface area contributed by atoms with Gasteiger partial charge in [0.1, 0.15) is 0 Å². The van der Waals surface area contributed by atoms with Gasteiger partial charge in [-0.2, -0.15) is 5.26 Å². The van der Waals surface area contributed by atoms with Crippen molar-refractivity contribution in [2.24, 2.45) is 5.92 Å². The van der Waals surface area contributed by atoms with Gasteiger partial charge in [0.2, 0.25) is 0 Å². The van der Waals surface area contributed by atoms with E-state index in [-0.39, 0.29) is 23.3 Å². The standard InChI is InChI=1S/C25H21N3O2/c26-13-17-6-8-20(9-7-17)25(30)27-14-18-12-21(16-27)24-22(19-4-2-1-3-5-19)10-11-23(29)28(24)15-18/h1-11,18,21H,12,14-16H2/t18-,21-/m0/s1. The summed E-state index contributed by atoms with van der Waals surface area (Å²) >= 11 is 0. The van der Waals surface area contributed by atoms with E-state index in [1.54, 1.807) is 30.3 Å². The number of hydrogen-bond acceptors (Lipinski definition) is 3. The lowest BCUT2D eigenvalue weighted by Crippen LogP contribution is -2.49. The highest BCUT2D eigenvalue weighted by Gasteiger charge is 2.38. The number of carbonyl (C=O) groups is 1. The van der Waals surface area contributed by atoms with Gasteiger partial charge in [0.05, 0.1) is 11.6 Å². The highest BCUT2D eigenvalue weighted by atomic mass is 16.2. The predicted molar refractivity (Wildman–Crippen MR) is 114 cm³/mol. The Balaban J connectivity index is 1.51. The van der Waals surface area contributed by atoms with E-state index in [0.717, 1.165) is 23.2 Å². The molecule has 0 N–H and O–H groups in total. The normalized spacial score (nSPS) is 19.6. The Bertz CT molecular complexity index is 1210. The molecule has 5 nitrogen and oxygen atoms in total. The third-order valence-electron chi connectivity index (χ3n) is 6.22. The second-order valence-electron chi connectivity index (χ2n) is 8.15. The number of pyridine rings is 1. The number of hydrogen-bond donors (Lipinski definition) is 0. The molecule has 0 radical (unpaired) electrons. The average molecular weight is 395 g/mol. The molecule has 1 amide bonds. The van der Waals surface area contributed by atoms with Crippen molar-refractivity contribution in [1.82, 2.24) is 9.47 Å². The Morgan fingerprint density at radius 2 is 1.70 bits per heavy atom. The van der Waals surface area contributed by atoms with Gasteiger partial charge in [-0.1, -0.05) is 30.3 Å². The van der Waals surface area contributed by atoms with Gasteiger partial charge in [-0.25, -0.2) is 0 Å². The van der Waals surface area contributed by atoms with Crippen molar-refractivity contribution in [1.29, 1.82) is 5.26 Å². The summed E-state index contributed by atoms with van der Waals surface area (Å²) in [5.41, 5.74) is 4.39. The molecule has 1 saturated heterocycles. The van der Waals surface area contributed by atoms with E-state index in [1.807, 2.05) is 33.7 Å². The maximum atomic E-state index is 13.1. The molecular formula is C25H21N3O2. The monoisotopic (exact) mass is 395 g/mol. The highest BCUT2D eigenvalue weighted by molar-refractivity contribution is 5.94. The van der Waals surface area contributed by atoms with E-state index in [1.165, 1.54) is 0 Å². The Morgan fingerprint density at radius 3 is 2.43 bits per heavy atom. The van der Waals surface area contributed by atoms with Crippen molar-refractivity contribution in [2.75, 3.05) is 13.1 Å². The van der Waals surface area contributed by atoms with Crippen LogP contribution in [0.25, 0.3) is 11.1 Å². The number of likely N-dealkylation sites (tertiary alicyclic amines) is 1. The van der Waals surface area contributed by atoms with Crippen molar-refractivity contribution in [2.45, 2.75) is 18.9 Å². The van der Waals surface area contributed by atoms with Gasteiger partial charge >= 0.3 is 0 Å². The van der Waals surface area contributed by atoms with Crippen LogP contribution in [0.3, 0.4) is 0 Å². The van der Waals surface area contributed by atoms with Crippen LogP contribution in [-0.4, -0.2) is 28.5 Å². The maximum Gasteiger partial charge on any atom is 0.253 e. The molecule has 30 heavy (non-hydrogen) atoms. The number of fused-ring (bicyclic) bond motifs is 4. The van der Waals surface area contributed by atoms with Crippen LogP contribution in [0.15, 0.2) is 71.5 Å². The fourth-order valence-electron chi connectivity index (χ4n) is 4.91. The molecule has 2 aromatic carbocycles. The van der Waals surface area contributed by atoms with Gasteiger partial charge in [0, 0.05) is 48.4 Å². The zero-order valence-electron chi connectivity index (χ0n) is 16.5. The molecule has 5 heteroatoms. The summed E-state index contributed by atoms with van der Waals surface area (Å²) in [6.45, 7) is 1.89. The quantitative estimate of drug-likeness (QED) is 0.665. The molecule has 2 aliphatic heterocycles. The first kappa shape index (κ1) is 18.4. The van der Waals surface area contributed by atoms with Gasteiger partial charge in [0.15, 0.2) is 0 Å². The van der Waals surface area contributed by atoms with Crippen LogP contribution in [0.4, 0.5) is 0 Å². The van der Waals surface area contributed by atoms with Crippen molar-refractivity contribution in [3.05, 3.63) is 93.9 Å². The summed E-state index contributed by atoms with van der Waals surface area (Å²) in [5, 5.41) is 8.99. The molecule has 3 heterocycles. The smallest absolute Gasteiger partial charge is 0.253 e. The average Bonchev–Trinajstić information content (AvgIpc) is 2.80. The van der Waals surface area contributed by atoms with E-state index in [2.05, 4.69) is 18.2 Å². The first-order valence-corrected chi connectivity index (χ1v) is 10.2. The molecule has 2 aliphatic rings. The molecule has 2 atom stereocenters. The van der Waals surface area contributed by atoms with Gasteiger partial charge < -0.3 is 9.47 Å². The first-order valence-electron chi connectivity index (χ1n) is 10.2. The molecular weight excluding hydrogens is 374 g/mol. The minimum atomic E-state index is -0.0119. The van der Waals surface area contributed by atoms with Gasteiger partial charge in [-0.05, 0) is 48.2 Å². The number of aromatic nitrogens is 1. The Labute approximate surface area is 174 Å². The summed E-state index contributed by atoms with van der Waals surface area (Å²) in [6.07, 6.45) is 0.987.